The standard InChI is InChI=1S/C16H14Cl2N2O/c17-13-9-11(10-19-14(13)18)15(21)20-16(7-4-8-16)12-5-2-1-3-6-12/h1-3,5-6,9-10H,4,7-8H2,(H,20,21). The highest BCUT2D eigenvalue weighted by Crippen LogP contribution is 2.41. The maximum Gasteiger partial charge on any atom is 0.253 e. The average molecular weight is 321 g/mol. The van der Waals surface area contributed by atoms with Crippen LogP contribution in [0.4, 0.5) is 0 Å². The number of halogens is 2. The topological polar surface area (TPSA) is 42.0 Å². The number of rotatable bonds is 3. The summed E-state index contributed by atoms with van der Waals surface area (Å²) in [5, 5.41) is 3.62. The van der Waals surface area contributed by atoms with Crippen LogP contribution in [0.5, 0.6) is 0 Å². The second kappa shape index (κ2) is 5.66. The number of amides is 1. The molecule has 1 aromatic carbocycles. The second-order valence-corrected chi connectivity index (χ2v) is 6.02. The van der Waals surface area contributed by atoms with Gasteiger partial charge in [0, 0.05) is 6.20 Å². The van der Waals surface area contributed by atoms with E-state index in [4.69, 9.17) is 23.2 Å². The normalized spacial score (nSPS) is 16.1. The van der Waals surface area contributed by atoms with Gasteiger partial charge in [0.25, 0.3) is 5.91 Å². The van der Waals surface area contributed by atoms with Gasteiger partial charge in [0.05, 0.1) is 16.1 Å². The molecule has 0 bridgehead atoms. The summed E-state index contributed by atoms with van der Waals surface area (Å²) in [5.74, 6) is -0.176. The van der Waals surface area contributed by atoms with Gasteiger partial charge in [-0.3, -0.25) is 4.79 Å². The average Bonchev–Trinajstić information content (AvgIpc) is 2.46. The highest BCUT2D eigenvalue weighted by atomic mass is 35.5. The Labute approximate surface area is 133 Å². The third kappa shape index (κ3) is 2.76. The Bertz CT molecular complexity index is 669. The molecule has 1 aliphatic carbocycles. The number of aromatic nitrogens is 1. The minimum absolute atomic E-state index is 0.176. The number of pyridine rings is 1. The van der Waals surface area contributed by atoms with Gasteiger partial charge in [-0.25, -0.2) is 4.98 Å². The van der Waals surface area contributed by atoms with Crippen molar-refractivity contribution < 1.29 is 4.79 Å². The summed E-state index contributed by atoms with van der Waals surface area (Å²) in [6.07, 6.45) is 4.44. The van der Waals surface area contributed by atoms with E-state index in [0.29, 0.717) is 5.56 Å². The molecule has 5 heteroatoms. The third-order valence-corrected chi connectivity index (χ3v) is 4.63. The lowest BCUT2D eigenvalue weighted by molar-refractivity contribution is 0.0823. The minimum Gasteiger partial charge on any atom is -0.342 e. The van der Waals surface area contributed by atoms with Gasteiger partial charge >= 0.3 is 0 Å². The van der Waals surface area contributed by atoms with E-state index in [1.54, 1.807) is 6.07 Å². The maximum absolute atomic E-state index is 12.4. The number of hydrogen-bond acceptors (Lipinski definition) is 2. The molecule has 0 spiro atoms. The molecule has 3 rings (SSSR count). The maximum atomic E-state index is 12.4. The predicted octanol–water partition coefficient (Wildman–Crippen LogP) is 4.20. The highest BCUT2D eigenvalue weighted by molar-refractivity contribution is 6.41. The number of benzene rings is 1. The summed E-state index contributed by atoms with van der Waals surface area (Å²) in [5.41, 5.74) is 1.29. The zero-order chi connectivity index (χ0) is 14.9. The summed E-state index contributed by atoms with van der Waals surface area (Å²) in [7, 11) is 0. The van der Waals surface area contributed by atoms with Gasteiger partial charge in [-0.15, -0.1) is 0 Å². The van der Waals surface area contributed by atoms with Crippen LogP contribution in [-0.2, 0) is 5.54 Å². The van der Waals surface area contributed by atoms with Crippen molar-refractivity contribution in [2.45, 2.75) is 24.8 Å². The smallest absolute Gasteiger partial charge is 0.253 e. The molecule has 1 amide bonds. The fraction of sp³-hybridized carbons (Fsp3) is 0.250. The Hall–Kier alpha value is -1.58. The summed E-state index contributed by atoms with van der Waals surface area (Å²) in [4.78, 5) is 16.4. The molecule has 0 aliphatic heterocycles. The molecule has 108 valence electrons. The van der Waals surface area contributed by atoms with E-state index in [-0.39, 0.29) is 21.6 Å². The third-order valence-electron chi connectivity index (χ3n) is 3.94. The highest BCUT2D eigenvalue weighted by Gasteiger charge is 2.40. The monoisotopic (exact) mass is 320 g/mol. The van der Waals surface area contributed by atoms with Gasteiger partial charge in [0.1, 0.15) is 5.15 Å². The first kappa shape index (κ1) is 14.4. The van der Waals surface area contributed by atoms with Crippen LogP contribution in [0.15, 0.2) is 42.6 Å². The lowest BCUT2D eigenvalue weighted by Crippen LogP contribution is -2.50. The fourth-order valence-corrected chi connectivity index (χ4v) is 2.88. The number of carbonyl (C=O) groups excluding carboxylic acids is 1. The molecule has 0 radical (unpaired) electrons. The molecule has 1 heterocycles. The van der Waals surface area contributed by atoms with Crippen molar-refractivity contribution in [2.75, 3.05) is 0 Å². The van der Waals surface area contributed by atoms with E-state index in [9.17, 15) is 4.79 Å². The van der Waals surface area contributed by atoms with Gasteiger partial charge in [0.15, 0.2) is 0 Å². The molecule has 1 fully saturated rings. The summed E-state index contributed by atoms with van der Waals surface area (Å²) >= 11 is 11.7. The van der Waals surface area contributed by atoms with E-state index in [1.807, 2.05) is 30.3 Å². The van der Waals surface area contributed by atoms with Crippen molar-refractivity contribution >= 4 is 29.1 Å². The first-order valence-electron chi connectivity index (χ1n) is 6.80. The quantitative estimate of drug-likeness (QED) is 0.861. The molecule has 1 saturated carbocycles. The van der Waals surface area contributed by atoms with Crippen LogP contribution in [-0.4, -0.2) is 10.9 Å². The Morgan fingerprint density at radius 3 is 2.48 bits per heavy atom. The van der Waals surface area contributed by atoms with E-state index in [1.165, 1.54) is 6.20 Å². The Balaban J connectivity index is 1.84. The predicted molar refractivity (Wildman–Crippen MR) is 83.7 cm³/mol. The molecule has 1 N–H and O–H groups in total. The van der Waals surface area contributed by atoms with Crippen molar-refractivity contribution in [3.05, 3.63) is 63.9 Å². The van der Waals surface area contributed by atoms with Crippen molar-refractivity contribution in [1.82, 2.24) is 10.3 Å². The Morgan fingerprint density at radius 2 is 1.90 bits per heavy atom. The summed E-state index contributed by atoms with van der Waals surface area (Å²) in [6, 6.07) is 11.6. The molecule has 1 aromatic heterocycles. The van der Waals surface area contributed by atoms with Crippen LogP contribution < -0.4 is 5.32 Å². The van der Waals surface area contributed by atoms with Crippen LogP contribution in [0.1, 0.15) is 35.2 Å². The molecule has 0 atom stereocenters. The van der Waals surface area contributed by atoms with E-state index in [2.05, 4.69) is 10.3 Å². The molecular formula is C16H14Cl2N2O. The number of hydrogen-bond donors (Lipinski definition) is 1. The van der Waals surface area contributed by atoms with E-state index < -0.39 is 0 Å². The SMILES string of the molecule is O=C(NC1(c2ccccc2)CCC1)c1cnc(Cl)c(Cl)c1. The molecule has 2 aromatic rings. The number of nitrogens with one attached hydrogen (secondary N) is 1. The fourth-order valence-electron chi connectivity index (χ4n) is 2.61. The first-order valence-corrected chi connectivity index (χ1v) is 7.55. The lowest BCUT2D eigenvalue weighted by atomic mass is 9.71. The van der Waals surface area contributed by atoms with Crippen molar-refractivity contribution in [2.24, 2.45) is 0 Å². The molecule has 0 unspecified atom stereocenters. The van der Waals surface area contributed by atoms with E-state index >= 15 is 0 Å². The van der Waals surface area contributed by atoms with Crippen molar-refractivity contribution in [1.29, 1.82) is 0 Å². The molecular weight excluding hydrogens is 307 g/mol. The largest absolute Gasteiger partial charge is 0.342 e. The second-order valence-electron chi connectivity index (χ2n) is 5.25. The van der Waals surface area contributed by atoms with Crippen molar-refractivity contribution in [3.8, 4) is 0 Å². The van der Waals surface area contributed by atoms with Crippen LogP contribution in [0.25, 0.3) is 0 Å². The van der Waals surface area contributed by atoms with Gasteiger partial charge in [-0.05, 0) is 30.9 Å². The summed E-state index contributed by atoms with van der Waals surface area (Å²) in [6.45, 7) is 0. The van der Waals surface area contributed by atoms with Crippen LogP contribution in [0, 0.1) is 0 Å². The van der Waals surface area contributed by atoms with Crippen LogP contribution >= 0.6 is 23.2 Å². The molecule has 21 heavy (non-hydrogen) atoms. The Morgan fingerprint density at radius 1 is 1.19 bits per heavy atom. The van der Waals surface area contributed by atoms with Crippen molar-refractivity contribution in [3.63, 3.8) is 0 Å². The first-order chi connectivity index (χ1) is 10.1. The number of nitrogens with zero attached hydrogens (tertiary/aromatic N) is 1. The van der Waals surface area contributed by atoms with Gasteiger partial charge in [-0.1, -0.05) is 53.5 Å². The lowest BCUT2D eigenvalue weighted by Gasteiger charge is -2.43. The van der Waals surface area contributed by atoms with Crippen LogP contribution in [0.3, 0.4) is 0 Å². The molecule has 1 aliphatic rings. The van der Waals surface area contributed by atoms with Crippen LogP contribution in [0.2, 0.25) is 10.2 Å². The molecule has 0 saturated heterocycles. The zero-order valence-corrected chi connectivity index (χ0v) is 12.8. The molecule has 3 nitrogen and oxygen atoms in total. The van der Waals surface area contributed by atoms with E-state index in [0.717, 1.165) is 24.8 Å². The minimum atomic E-state index is -0.273. The van der Waals surface area contributed by atoms with Gasteiger partial charge in [-0.2, -0.15) is 0 Å². The Kier molecular flexibility index (Phi) is 3.87. The zero-order valence-electron chi connectivity index (χ0n) is 11.3. The summed E-state index contributed by atoms with van der Waals surface area (Å²) < 4.78 is 0. The van der Waals surface area contributed by atoms with Gasteiger partial charge in [0.2, 0.25) is 0 Å². The van der Waals surface area contributed by atoms with Gasteiger partial charge < -0.3 is 5.32 Å². The number of carbonyl (C=O) groups is 1.